The molecule has 0 aliphatic heterocycles. The van der Waals surface area contributed by atoms with Gasteiger partial charge in [0.2, 0.25) is 0 Å². The fraction of sp³-hybridized carbons (Fsp3) is 0.704. The van der Waals surface area contributed by atoms with Crippen LogP contribution in [-0.4, -0.2) is 6.36 Å². The maximum absolute atomic E-state index is 12.2. The normalized spacial score (nSPS) is 27.5. The molecule has 0 saturated heterocycles. The SMILES string of the molecule is CCC=CC1CCC(C2CCC(CCCCc3ccc(OC(F)(F)F)cc3)CC2)CC1. The molecule has 4 heteroatoms. The second-order valence-corrected chi connectivity index (χ2v) is 9.73. The number of rotatable bonds is 9. The highest BCUT2D eigenvalue weighted by Gasteiger charge is 2.31. The summed E-state index contributed by atoms with van der Waals surface area (Å²) in [5, 5.41) is 0. The molecule has 2 fully saturated rings. The largest absolute Gasteiger partial charge is 0.573 e. The zero-order chi connectivity index (χ0) is 22.1. The summed E-state index contributed by atoms with van der Waals surface area (Å²) in [7, 11) is 0. The van der Waals surface area contributed by atoms with Gasteiger partial charge >= 0.3 is 6.36 Å². The summed E-state index contributed by atoms with van der Waals surface area (Å²) < 4.78 is 40.6. The Balaban J connectivity index is 1.28. The summed E-state index contributed by atoms with van der Waals surface area (Å²) in [6, 6.07) is 6.33. The molecule has 2 aliphatic rings. The van der Waals surface area contributed by atoms with Gasteiger partial charge in [-0.1, -0.05) is 56.9 Å². The van der Waals surface area contributed by atoms with Gasteiger partial charge in [0.15, 0.2) is 0 Å². The third kappa shape index (κ3) is 8.54. The number of alkyl halides is 3. The van der Waals surface area contributed by atoms with Gasteiger partial charge in [0.1, 0.15) is 5.75 Å². The quantitative estimate of drug-likeness (QED) is 0.277. The van der Waals surface area contributed by atoms with Crippen LogP contribution < -0.4 is 4.74 Å². The van der Waals surface area contributed by atoms with E-state index in [1.165, 1.54) is 76.3 Å². The van der Waals surface area contributed by atoms with Crippen molar-refractivity contribution in [3.8, 4) is 5.75 Å². The van der Waals surface area contributed by atoms with Gasteiger partial charge in [-0.15, -0.1) is 13.2 Å². The Bertz CT molecular complexity index is 648. The average Bonchev–Trinajstić information content (AvgIpc) is 2.76. The summed E-state index contributed by atoms with van der Waals surface area (Å²) in [5.41, 5.74) is 1.09. The van der Waals surface area contributed by atoms with Crippen LogP contribution in [0.25, 0.3) is 0 Å². The predicted octanol–water partition coefficient (Wildman–Crippen LogP) is 8.88. The van der Waals surface area contributed by atoms with Crippen molar-refractivity contribution in [1.82, 2.24) is 0 Å². The van der Waals surface area contributed by atoms with Crippen LogP contribution in [-0.2, 0) is 6.42 Å². The second kappa shape index (κ2) is 12.0. The number of ether oxygens (including phenoxy) is 1. The number of unbranched alkanes of at least 4 members (excludes halogenated alkanes) is 1. The van der Waals surface area contributed by atoms with E-state index in [9.17, 15) is 13.2 Å². The van der Waals surface area contributed by atoms with Crippen molar-refractivity contribution >= 4 is 0 Å². The van der Waals surface area contributed by atoms with Crippen molar-refractivity contribution < 1.29 is 17.9 Å². The first-order valence-corrected chi connectivity index (χ1v) is 12.4. The van der Waals surface area contributed by atoms with E-state index in [1.54, 1.807) is 12.1 Å². The zero-order valence-electron chi connectivity index (χ0n) is 19.0. The summed E-state index contributed by atoms with van der Waals surface area (Å²) in [6.07, 6.45) is 17.2. The molecule has 1 aromatic carbocycles. The van der Waals surface area contributed by atoms with Gasteiger partial charge in [-0.25, -0.2) is 0 Å². The van der Waals surface area contributed by atoms with Gasteiger partial charge in [0, 0.05) is 0 Å². The maximum Gasteiger partial charge on any atom is 0.573 e. The number of benzene rings is 1. The Morgan fingerprint density at radius 3 is 2.06 bits per heavy atom. The van der Waals surface area contributed by atoms with E-state index in [2.05, 4.69) is 23.8 Å². The lowest BCUT2D eigenvalue weighted by atomic mass is 9.68. The average molecular weight is 437 g/mol. The maximum atomic E-state index is 12.2. The lowest BCUT2D eigenvalue weighted by molar-refractivity contribution is -0.274. The second-order valence-electron chi connectivity index (χ2n) is 9.73. The third-order valence-corrected chi connectivity index (χ3v) is 7.50. The van der Waals surface area contributed by atoms with E-state index in [0.29, 0.717) is 0 Å². The Morgan fingerprint density at radius 2 is 1.48 bits per heavy atom. The molecule has 2 saturated carbocycles. The minimum atomic E-state index is -4.62. The van der Waals surface area contributed by atoms with Gasteiger partial charge in [0.25, 0.3) is 0 Å². The topological polar surface area (TPSA) is 9.23 Å². The number of hydrogen-bond donors (Lipinski definition) is 0. The molecular weight excluding hydrogens is 397 g/mol. The summed E-state index contributed by atoms with van der Waals surface area (Å²) >= 11 is 0. The Labute approximate surface area is 186 Å². The molecule has 0 heterocycles. The van der Waals surface area contributed by atoms with Gasteiger partial charge in [-0.05, 0) is 99.2 Å². The minimum absolute atomic E-state index is 0.140. The molecule has 0 spiro atoms. The molecule has 2 aliphatic carbocycles. The van der Waals surface area contributed by atoms with Gasteiger partial charge < -0.3 is 4.74 Å². The third-order valence-electron chi connectivity index (χ3n) is 7.50. The summed E-state index contributed by atoms with van der Waals surface area (Å²) in [6.45, 7) is 2.22. The van der Waals surface area contributed by atoms with E-state index >= 15 is 0 Å². The molecular formula is C27H39F3O. The Hall–Kier alpha value is -1.45. The highest BCUT2D eigenvalue weighted by Crippen LogP contribution is 2.42. The first-order chi connectivity index (χ1) is 14.9. The lowest BCUT2D eigenvalue weighted by Gasteiger charge is -2.37. The summed E-state index contributed by atoms with van der Waals surface area (Å²) in [4.78, 5) is 0. The van der Waals surface area contributed by atoms with Crippen LogP contribution >= 0.6 is 0 Å². The standard InChI is InChI=1S/C27H39F3O/c1-2-3-6-21-9-15-24(16-10-21)25-17-11-22(12-18-25)7-4-5-8-23-13-19-26(20-14-23)31-27(28,29)30/h3,6,13-14,19-22,24-25H,2,4-5,7-12,15-18H2,1H3. The highest BCUT2D eigenvalue weighted by atomic mass is 19.4. The van der Waals surface area contributed by atoms with Crippen LogP contribution in [0, 0.1) is 23.7 Å². The molecule has 0 atom stereocenters. The number of hydrogen-bond acceptors (Lipinski definition) is 1. The van der Waals surface area contributed by atoms with E-state index in [1.807, 2.05) is 0 Å². The number of aryl methyl sites for hydroxylation is 1. The van der Waals surface area contributed by atoms with Crippen molar-refractivity contribution in [2.24, 2.45) is 23.7 Å². The van der Waals surface area contributed by atoms with E-state index < -0.39 is 6.36 Å². The van der Waals surface area contributed by atoms with Crippen LogP contribution in [0.2, 0.25) is 0 Å². The Kier molecular flexibility index (Phi) is 9.34. The van der Waals surface area contributed by atoms with Crippen LogP contribution in [0.3, 0.4) is 0 Å². The fourth-order valence-corrected chi connectivity index (χ4v) is 5.71. The van der Waals surface area contributed by atoms with Crippen molar-refractivity contribution in [2.45, 2.75) is 96.8 Å². The van der Waals surface area contributed by atoms with Crippen molar-refractivity contribution in [3.05, 3.63) is 42.0 Å². The van der Waals surface area contributed by atoms with Gasteiger partial charge in [-0.3, -0.25) is 0 Å². The van der Waals surface area contributed by atoms with E-state index in [4.69, 9.17) is 0 Å². The fourth-order valence-electron chi connectivity index (χ4n) is 5.71. The number of allylic oxidation sites excluding steroid dienone is 2. The van der Waals surface area contributed by atoms with Crippen LogP contribution in [0.15, 0.2) is 36.4 Å². The van der Waals surface area contributed by atoms with Gasteiger partial charge in [0.05, 0.1) is 0 Å². The molecule has 0 bridgehead atoms. The number of halogens is 3. The molecule has 174 valence electrons. The van der Waals surface area contributed by atoms with Crippen LogP contribution in [0.5, 0.6) is 5.75 Å². The molecule has 0 N–H and O–H groups in total. The van der Waals surface area contributed by atoms with E-state index in [-0.39, 0.29) is 5.75 Å². The van der Waals surface area contributed by atoms with Gasteiger partial charge in [-0.2, -0.15) is 0 Å². The van der Waals surface area contributed by atoms with Crippen LogP contribution in [0.1, 0.15) is 89.5 Å². The van der Waals surface area contributed by atoms with Crippen LogP contribution in [0.4, 0.5) is 13.2 Å². The molecule has 3 rings (SSSR count). The first kappa shape index (κ1) is 24.2. The lowest BCUT2D eigenvalue weighted by Crippen LogP contribution is -2.25. The molecule has 0 unspecified atom stereocenters. The molecule has 0 amide bonds. The first-order valence-electron chi connectivity index (χ1n) is 12.4. The highest BCUT2D eigenvalue weighted by molar-refractivity contribution is 5.27. The monoisotopic (exact) mass is 436 g/mol. The molecule has 1 nitrogen and oxygen atoms in total. The van der Waals surface area contributed by atoms with Crippen molar-refractivity contribution in [2.75, 3.05) is 0 Å². The minimum Gasteiger partial charge on any atom is -0.406 e. The summed E-state index contributed by atoms with van der Waals surface area (Å²) in [5.74, 6) is 3.50. The molecule has 0 aromatic heterocycles. The Morgan fingerprint density at radius 1 is 0.871 bits per heavy atom. The molecule has 31 heavy (non-hydrogen) atoms. The van der Waals surface area contributed by atoms with E-state index in [0.717, 1.165) is 48.5 Å². The molecule has 1 aromatic rings. The van der Waals surface area contributed by atoms with Crippen molar-refractivity contribution in [1.29, 1.82) is 0 Å². The smallest absolute Gasteiger partial charge is 0.406 e. The molecule has 0 radical (unpaired) electrons. The zero-order valence-corrected chi connectivity index (χ0v) is 19.0. The van der Waals surface area contributed by atoms with Crippen molar-refractivity contribution in [3.63, 3.8) is 0 Å². The predicted molar refractivity (Wildman–Crippen MR) is 121 cm³/mol.